The molecule has 0 aromatic heterocycles. The number of hydrogen-bond acceptors (Lipinski definition) is 7. The van der Waals surface area contributed by atoms with Crippen molar-refractivity contribution in [3.05, 3.63) is 0 Å². The van der Waals surface area contributed by atoms with Crippen LogP contribution in [0, 0.1) is 5.92 Å². The second-order valence-electron chi connectivity index (χ2n) is 11.2. The van der Waals surface area contributed by atoms with E-state index in [4.69, 9.17) is 33.5 Å². The van der Waals surface area contributed by atoms with E-state index >= 15 is 0 Å². The number of unbranched alkanes of at least 4 members (excludes halogenated alkanes) is 4. The van der Waals surface area contributed by atoms with Gasteiger partial charge in [0.15, 0.2) is 0 Å². The Labute approximate surface area is 242 Å². The predicted octanol–water partition coefficient (Wildman–Crippen LogP) is 9.08. The zero-order valence-electron chi connectivity index (χ0n) is 26.5. The van der Waals surface area contributed by atoms with Crippen LogP contribution in [0.1, 0.15) is 132 Å². The summed E-state index contributed by atoms with van der Waals surface area (Å²) in [6.07, 6.45) is 1.71. The molecular weight excluding hydrogens is 529 g/mol. The van der Waals surface area contributed by atoms with Crippen molar-refractivity contribution in [2.24, 2.45) is 5.92 Å². The molecule has 242 valence electrons. The van der Waals surface area contributed by atoms with Crippen LogP contribution < -0.4 is 0 Å². The molecule has 0 aliphatic rings. The number of alkyl halides is 3. The van der Waals surface area contributed by atoms with Gasteiger partial charge >= 0.3 is 12.1 Å². The van der Waals surface area contributed by atoms with Crippen molar-refractivity contribution >= 4 is 0 Å². The molecule has 10 heteroatoms. The fourth-order valence-corrected chi connectivity index (χ4v) is 3.70. The Morgan fingerprint density at radius 1 is 0.600 bits per heavy atom. The minimum atomic E-state index is -4.24. The largest absolute Gasteiger partial charge is 0.389 e. The summed E-state index contributed by atoms with van der Waals surface area (Å²) in [4.78, 5) is 11.3. The Hall–Kier alpha value is -0.490. The maximum absolute atomic E-state index is 12.7. The van der Waals surface area contributed by atoms with E-state index in [-0.39, 0.29) is 31.2 Å². The van der Waals surface area contributed by atoms with Gasteiger partial charge in [-0.3, -0.25) is 0 Å². The summed E-state index contributed by atoms with van der Waals surface area (Å²) in [6.45, 7) is 17.0. The second kappa shape index (κ2) is 22.1. The molecule has 0 N–H and O–H groups in total. The van der Waals surface area contributed by atoms with Gasteiger partial charge < -0.3 is 23.7 Å². The lowest BCUT2D eigenvalue weighted by Crippen LogP contribution is -2.44. The smallest absolute Gasteiger partial charge is 0.327 e. The predicted molar refractivity (Wildman–Crippen MR) is 150 cm³/mol. The number of halogens is 3. The van der Waals surface area contributed by atoms with Crippen LogP contribution in [0.15, 0.2) is 0 Å². The molecule has 0 saturated carbocycles. The van der Waals surface area contributed by atoms with Crippen LogP contribution in [0.25, 0.3) is 0 Å². The Morgan fingerprint density at radius 2 is 1.20 bits per heavy atom. The van der Waals surface area contributed by atoms with Gasteiger partial charge in [-0.15, -0.1) is 0 Å². The summed E-state index contributed by atoms with van der Waals surface area (Å²) in [5.74, 6) is -2.61. The number of rotatable bonds is 27. The van der Waals surface area contributed by atoms with Crippen LogP contribution >= 0.6 is 0 Å². The molecule has 0 fully saturated rings. The zero-order valence-corrected chi connectivity index (χ0v) is 26.5. The molecule has 0 spiro atoms. The lowest BCUT2D eigenvalue weighted by atomic mass is 10.1. The highest BCUT2D eigenvalue weighted by atomic mass is 19.4. The van der Waals surface area contributed by atoms with Crippen LogP contribution in [-0.2, 0) is 33.5 Å². The first-order chi connectivity index (χ1) is 18.8. The summed E-state index contributed by atoms with van der Waals surface area (Å²) in [7, 11) is 0. The van der Waals surface area contributed by atoms with E-state index in [2.05, 4.69) is 13.8 Å². The van der Waals surface area contributed by atoms with Crippen LogP contribution in [0.5, 0.6) is 0 Å². The highest BCUT2D eigenvalue weighted by Crippen LogP contribution is 2.31. The topological polar surface area (TPSA) is 64.6 Å². The van der Waals surface area contributed by atoms with Crippen molar-refractivity contribution in [1.82, 2.24) is 0 Å². The van der Waals surface area contributed by atoms with E-state index < -0.39 is 24.5 Å². The third kappa shape index (κ3) is 20.4. The molecule has 0 bridgehead atoms. The van der Waals surface area contributed by atoms with Crippen LogP contribution in [0.2, 0.25) is 0 Å². The normalized spacial score (nSPS) is 16.4. The van der Waals surface area contributed by atoms with E-state index in [0.717, 1.165) is 32.1 Å². The van der Waals surface area contributed by atoms with Crippen molar-refractivity contribution < 1.29 is 46.6 Å². The van der Waals surface area contributed by atoms with Crippen LogP contribution in [0.4, 0.5) is 13.2 Å². The zero-order chi connectivity index (χ0) is 30.5. The molecule has 0 saturated heterocycles. The number of ether oxygens (including phenoxy) is 5. The van der Waals surface area contributed by atoms with Gasteiger partial charge in [0.05, 0.1) is 38.6 Å². The molecule has 0 radical (unpaired) electrons. The Kier molecular flexibility index (Phi) is 21.8. The quantitative estimate of drug-likeness (QED) is 0.0410. The molecule has 3 atom stereocenters. The van der Waals surface area contributed by atoms with Gasteiger partial charge in [0.25, 0.3) is 5.97 Å². The number of hydrogen-bond donors (Lipinski definition) is 0. The van der Waals surface area contributed by atoms with E-state index in [1.54, 1.807) is 0 Å². The minimum absolute atomic E-state index is 0.122. The molecule has 40 heavy (non-hydrogen) atoms. The average molecular weight is 589 g/mol. The van der Waals surface area contributed by atoms with Crippen LogP contribution in [0.3, 0.4) is 0 Å². The van der Waals surface area contributed by atoms with Gasteiger partial charge in [-0.25, -0.2) is 4.89 Å². The monoisotopic (exact) mass is 588 g/mol. The molecule has 0 heterocycles. The van der Waals surface area contributed by atoms with Gasteiger partial charge in [-0.1, -0.05) is 53.9 Å². The Bertz CT molecular complexity index is 592. The summed E-state index contributed by atoms with van der Waals surface area (Å²) in [5, 5.41) is 0. The van der Waals surface area contributed by atoms with Crippen molar-refractivity contribution in [2.45, 2.75) is 163 Å². The second-order valence-corrected chi connectivity index (χ2v) is 11.2. The van der Waals surface area contributed by atoms with E-state index in [1.807, 2.05) is 41.5 Å². The molecule has 7 nitrogen and oxygen atoms in total. The fourth-order valence-electron chi connectivity index (χ4n) is 3.70. The van der Waals surface area contributed by atoms with E-state index in [1.165, 1.54) is 0 Å². The summed E-state index contributed by atoms with van der Waals surface area (Å²) in [6, 6.07) is 0. The first-order valence-electron chi connectivity index (χ1n) is 15.5. The summed E-state index contributed by atoms with van der Waals surface area (Å²) >= 11 is 0. The van der Waals surface area contributed by atoms with E-state index in [0.29, 0.717) is 51.9 Å². The third-order valence-corrected chi connectivity index (χ3v) is 5.99. The van der Waals surface area contributed by atoms with Gasteiger partial charge in [0.2, 0.25) is 0 Å². The van der Waals surface area contributed by atoms with Gasteiger partial charge in [0, 0.05) is 19.3 Å². The lowest BCUT2D eigenvalue weighted by molar-refractivity contribution is -0.514. The lowest BCUT2D eigenvalue weighted by Gasteiger charge is -2.37. The summed E-state index contributed by atoms with van der Waals surface area (Å²) < 4.78 is 68.8. The Morgan fingerprint density at radius 3 is 1.75 bits per heavy atom. The standard InChI is InChI=1S/C30H59F3O7/c1-9-12-16-23-37-40-30(38-26(6)7,35-21-13-10-2)20-15-14-19-29(36-24-25(4)5,39-27(8)11-3)34-22-17-18-28(31,32)33/h25-27H,9-24H2,1-8H3. The minimum Gasteiger partial charge on any atom is -0.327 e. The third-order valence-electron chi connectivity index (χ3n) is 5.99. The molecule has 0 aromatic rings. The first kappa shape index (κ1) is 39.5. The van der Waals surface area contributed by atoms with Crippen molar-refractivity contribution in [3.8, 4) is 0 Å². The Balaban J connectivity index is 5.55. The first-order valence-corrected chi connectivity index (χ1v) is 15.5. The fraction of sp³-hybridized carbons (Fsp3) is 1.00. The maximum atomic E-state index is 12.7. The average Bonchev–Trinajstić information content (AvgIpc) is 2.87. The van der Waals surface area contributed by atoms with Crippen molar-refractivity contribution in [1.29, 1.82) is 0 Å². The molecule has 0 aliphatic heterocycles. The molecular formula is C30H59F3O7. The van der Waals surface area contributed by atoms with E-state index in [9.17, 15) is 13.2 Å². The molecule has 0 amide bonds. The summed E-state index contributed by atoms with van der Waals surface area (Å²) in [5.41, 5.74) is 0. The van der Waals surface area contributed by atoms with Gasteiger partial charge in [0.1, 0.15) is 0 Å². The highest BCUT2D eigenvalue weighted by Gasteiger charge is 2.39. The molecule has 0 aliphatic carbocycles. The molecule has 0 aromatic carbocycles. The molecule has 3 unspecified atom stereocenters. The van der Waals surface area contributed by atoms with Gasteiger partial charge in [-0.05, 0) is 65.2 Å². The van der Waals surface area contributed by atoms with Crippen LogP contribution in [-0.4, -0.2) is 56.8 Å². The SMILES string of the molecule is CCCCCOOC(CCCCC(OCCCC(F)(F)F)(OCC(C)C)OC(C)CC)(OCCCC)OC(C)C. The van der Waals surface area contributed by atoms with Crippen molar-refractivity contribution in [2.75, 3.05) is 26.4 Å². The molecule has 0 rings (SSSR count). The van der Waals surface area contributed by atoms with Crippen molar-refractivity contribution in [3.63, 3.8) is 0 Å². The highest BCUT2D eigenvalue weighted by molar-refractivity contribution is 4.67. The maximum Gasteiger partial charge on any atom is 0.389 e. The van der Waals surface area contributed by atoms with Gasteiger partial charge in [-0.2, -0.15) is 18.1 Å².